The lowest BCUT2D eigenvalue weighted by Gasteiger charge is -2.20. The number of nitrogens with zero attached hydrogens (tertiary/aromatic N) is 4. The molecular formula is C21H24N4O2. The fourth-order valence-electron chi connectivity index (χ4n) is 3.30. The molecule has 27 heavy (non-hydrogen) atoms. The van der Waals surface area contributed by atoms with E-state index in [4.69, 9.17) is 9.26 Å². The molecule has 1 atom stereocenters. The molecule has 0 saturated carbocycles. The fraction of sp³-hybridized carbons (Fsp3) is 0.381. The van der Waals surface area contributed by atoms with Crippen LogP contribution in [-0.4, -0.2) is 33.2 Å². The normalized spacial score (nSPS) is 16.9. The highest BCUT2D eigenvalue weighted by molar-refractivity contribution is 5.15. The molecule has 1 aromatic carbocycles. The lowest BCUT2D eigenvalue weighted by molar-refractivity contribution is 0.0835. The maximum Gasteiger partial charge on any atom is 0.255 e. The maximum absolute atomic E-state index is 5.64. The molecule has 1 aliphatic heterocycles. The summed E-state index contributed by atoms with van der Waals surface area (Å²) in [4.78, 5) is 11.3. The first kappa shape index (κ1) is 17.8. The molecule has 0 spiro atoms. The number of ether oxygens (including phenoxy) is 1. The fourth-order valence-corrected chi connectivity index (χ4v) is 3.30. The second kappa shape index (κ2) is 8.88. The largest absolute Gasteiger partial charge is 0.368 e. The van der Waals surface area contributed by atoms with Crippen LogP contribution in [0.2, 0.25) is 0 Å². The summed E-state index contributed by atoms with van der Waals surface area (Å²) in [7, 11) is 0. The van der Waals surface area contributed by atoms with Crippen molar-refractivity contribution in [1.82, 2.24) is 20.0 Å². The summed E-state index contributed by atoms with van der Waals surface area (Å²) in [6.07, 6.45) is 4.75. The van der Waals surface area contributed by atoms with Gasteiger partial charge in [0.15, 0.2) is 5.82 Å². The molecule has 2 aromatic heterocycles. The van der Waals surface area contributed by atoms with Crippen LogP contribution in [0, 0.1) is 0 Å². The van der Waals surface area contributed by atoms with E-state index in [0.29, 0.717) is 18.3 Å². The topological polar surface area (TPSA) is 64.3 Å². The van der Waals surface area contributed by atoms with Crippen LogP contribution >= 0.6 is 0 Å². The Morgan fingerprint density at radius 1 is 1.04 bits per heavy atom. The van der Waals surface area contributed by atoms with Crippen molar-refractivity contribution in [1.29, 1.82) is 0 Å². The molecule has 1 fully saturated rings. The summed E-state index contributed by atoms with van der Waals surface area (Å²) in [5, 5.41) is 4.17. The molecule has 6 heteroatoms. The van der Waals surface area contributed by atoms with E-state index < -0.39 is 0 Å². The van der Waals surface area contributed by atoms with Crippen molar-refractivity contribution in [2.45, 2.75) is 38.5 Å². The van der Waals surface area contributed by atoms with Crippen molar-refractivity contribution in [3.8, 4) is 0 Å². The molecule has 0 unspecified atom stereocenters. The standard InChI is InChI=1S/C21H24N4O2/c1-2-7-17(8-3-1)11-13-25(15-18-9-4-5-12-22-18)16-20-23-21(27-24-20)19-10-6-14-26-19/h1-5,7-9,12,19H,6,10-11,13-16H2/t19-/m1/s1. The predicted molar refractivity (Wildman–Crippen MR) is 101 cm³/mol. The van der Waals surface area contributed by atoms with Crippen molar-refractivity contribution < 1.29 is 9.26 Å². The highest BCUT2D eigenvalue weighted by atomic mass is 16.5. The highest BCUT2D eigenvalue weighted by Gasteiger charge is 2.24. The first-order valence-corrected chi connectivity index (χ1v) is 9.47. The summed E-state index contributed by atoms with van der Waals surface area (Å²) in [6.45, 7) is 3.03. The van der Waals surface area contributed by atoms with E-state index >= 15 is 0 Å². The zero-order chi connectivity index (χ0) is 18.3. The minimum atomic E-state index is -0.0418. The number of hydrogen-bond acceptors (Lipinski definition) is 6. The van der Waals surface area contributed by atoms with E-state index in [1.807, 2.05) is 30.5 Å². The maximum atomic E-state index is 5.64. The van der Waals surface area contributed by atoms with Crippen molar-refractivity contribution in [2.75, 3.05) is 13.2 Å². The second-order valence-corrected chi connectivity index (χ2v) is 6.82. The zero-order valence-electron chi connectivity index (χ0n) is 15.3. The Balaban J connectivity index is 1.43. The summed E-state index contributed by atoms with van der Waals surface area (Å²) in [6, 6.07) is 16.5. The number of aromatic nitrogens is 3. The summed E-state index contributed by atoms with van der Waals surface area (Å²) >= 11 is 0. The van der Waals surface area contributed by atoms with E-state index in [0.717, 1.165) is 44.7 Å². The Kier molecular flexibility index (Phi) is 5.86. The third-order valence-electron chi connectivity index (χ3n) is 4.73. The van der Waals surface area contributed by atoms with E-state index in [2.05, 4.69) is 44.3 Å². The first-order valence-electron chi connectivity index (χ1n) is 9.47. The van der Waals surface area contributed by atoms with Crippen LogP contribution in [0.4, 0.5) is 0 Å². The van der Waals surface area contributed by atoms with E-state index in [-0.39, 0.29) is 6.10 Å². The van der Waals surface area contributed by atoms with Crippen LogP contribution in [0.5, 0.6) is 0 Å². The Labute approximate surface area is 159 Å². The molecular weight excluding hydrogens is 340 g/mol. The Bertz CT molecular complexity index is 816. The van der Waals surface area contributed by atoms with Gasteiger partial charge in [-0.1, -0.05) is 41.6 Å². The smallest absolute Gasteiger partial charge is 0.255 e. The van der Waals surface area contributed by atoms with E-state index in [9.17, 15) is 0 Å². The van der Waals surface area contributed by atoms with Gasteiger partial charge in [-0.05, 0) is 37.0 Å². The van der Waals surface area contributed by atoms with Crippen LogP contribution in [-0.2, 0) is 24.2 Å². The number of rotatable bonds is 8. The Morgan fingerprint density at radius 2 is 1.93 bits per heavy atom. The van der Waals surface area contributed by atoms with Crippen molar-refractivity contribution in [3.63, 3.8) is 0 Å². The average molecular weight is 364 g/mol. The van der Waals surface area contributed by atoms with E-state index in [1.165, 1.54) is 5.56 Å². The van der Waals surface area contributed by atoms with Crippen LogP contribution in [0.15, 0.2) is 59.3 Å². The summed E-state index contributed by atoms with van der Waals surface area (Å²) in [5.41, 5.74) is 2.35. The van der Waals surface area contributed by atoms with Crippen molar-refractivity contribution in [2.24, 2.45) is 0 Å². The van der Waals surface area contributed by atoms with Crippen LogP contribution in [0.3, 0.4) is 0 Å². The van der Waals surface area contributed by atoms with E-state index in [1.54, 1.807) is 0 Å². The van der Waals surface area contributed by atoms with Gasteiger partial charge in [0.25, 0.3) is 5.89 Å². The summed E-state index contributed by atoms with van der Waals surface area (Å²) < 4.78 is 11.1. The molecule has 0 amide bonds. The Hall–Kier alpha value is -2.57. The van der Waals surface area contributed by atoms with Gasteiger partial charge in [-0.3, -0.25) is 9.88 Å². The minimum absolute atomic E-state index is 0.0418. The zero-order valence-corrected chi connectivity index (χ0v) is 15.3. The van der Waals surface area contributed by atoms with Gasteiger partial charge in [-0.25, -0.2) is 0 Å². The van der Waals surface area contributed by atoms with Gasteiger partial charge < -0.3 is 9.26 Å². The lowest BCUT2D eigenvalue weighted by atomic mass is 10.1. The van der Waals surface area contributed by atoms with Gasteiger partial charge in [-0.15, -0.1) is 0 Å². The molecule has 140 valence electrons. The van der Waals surface area contributed by atoms with Gasteiger partial charge >= 0.3 is 0 Å². The number of hydrogen-bond donors (Lipinski definition) is 0. The average Bonchev–Trinajstić information content (AvgIpc) is 3.40. The highest BCUT2D eigenvalue weighted by Crippen LogP contribution is 2.27. The third-order valence-corrected chi connectivity index (χ3v) is 4.73. The molecule has 1 saturated heterocycles. The van der Waals surface area contributed by atoms with Crippen LogP contribution in [0.1, 0.15) is 41.9 Å². The second-order valence-electron chi connectivity index (χ2n) is 6.82. The molecule has 0 N–H and O–H groups in total. The van der Waals surface area contributed by atoms with Crippen LogP contribution in [0.25, 0.3) is 0 Å². The van der Waals surface area contributed by atoms with Gasteiger partial charge in [0, 0.05) is 25.9 Å². The van der Waals surface area contributed by atoms with Crippen LogP contribution < -0.4 is 0 Å². The molecule has 0 aliphatic carbocycles. The van der Waals surface area contributed by atoms with Gasteiger partial charge in [0.2, 0.25) is 0 Å². The third kappa shape index (κ3) is 4.99. The van der Waals surface area contributed by atoms with Crippen molar-refractivity contribution in [3.05, 3.63) is 77.7 Å². The molecule has 0 radical (unpaired) electrons. The van der Waals surface area contributed by atoms with Crippen molar-refractivity contribution >= 4 is 0 Å². The molecule has 3 aromatic rings. The molecule has 0 bridgehead atoms. The van der Waals surface area contributed by atoms with Gasteiger partial charge in [0.05, 0.1) is 12.2 Å². The SMILES string of the molecule is c1ccc(CCN(Cc2ccccn2)Cc2noc([C@H]3CCCO3)n2)cc1. The first-order chi connectivity index (χ1) is 13.4. The Morgan fingerprint density at radius 3 is 2.70 bits per heavy atom. The molecule has 6 nitrogen and oxygen atoms in total. The quantitative estimate of drug-likeness (QED) is 0.609. The molecule has 4 rings (SSSR count). The monoisotopic (exact) mass is 364 g/mol. The molecule has 1 aliphatic rings. The number of pyridine rings is 1. The molecule has 3 heterocycles. The predicted octanol–water partition coefficient (Wildman–Crippen LogP) is 3.56. The number of benzene rings is 1. The van der Waals surface area contributed by atoms with Gasteiger partial charge in [-0.2, -0.15) is 4.98 Å². The summed E-state index contributed by atoms with van der Waals surface area (Å²) in [5.74, 6) is 1.30. The minimum Gasteiger partial charge on any atom is -0.368 e. The lowest BCUT2D eigenvalue weighted by Crippen LogP contribution is -2.26. The van der Waals surface area contributed by atoms with Gasteiger partial charge in [0.1, 0.15) is 6.10 Å².